The number of hydrogen-bond acceptors (Lipinski definition) is 3. The Balaban J connectivity index is 1.81. The first-order valence-corrected chi connectivity index (χ1v) is 9.39. The number of hydrogen-bond donors (Lipinski definition) is 1. The van der Waals surface area contributed by atoms with Gasteiger partial charge in [-0.25, -0.2) is 0 Å². The summed E-state index contributed by atoms with van der Waals surface area (Å²) in [7, 11) is 0. The lowest BCUT2D eigenvalue weighted by Crippen LogP contribution is -2.15. The zero-order valence-electron chi connectivity index (χ0n) is 14.8. The summed E-state index contributed by atoms with van der Waals surface area (Å²) in [6.45, 7) is 6.95. The van der Waals surface area contributed by atoms with E-state index in [1.165, 1.54) is 0 Å². The van der Waals surface area contributed by atoms with E-state index in [2.05, 4.69) is 31.4 Å². The Hall–Kier alpha value is -2.12. The minimum absolute atomic E-state index is 0.219. The van der Waals surface area contributed by atoms with E-state index in [0.717, 1.165) is 17.8 Å². The van der Waals surface area contributed by atoms with Gasteiger partial charge in [-0.05, 0) is 48.3 Å². The molecule has 136 valence electrons. The Labute approximate surface area is 165 Å². The van der Waals surface area contributed by atoms with Gasteiger partial charge in [-0.15, -0.1) is 0 Å². The zero-order valence-corrected chi connectivity index (χ0v) is 17.1. The van der Waals surface area contributed by atoms with Gasteiger partial charge in [0.15, 0.2) is 5.82 Å². The summed E-state index contributed by atoms with van der Waals surface area (Å²) in [4.78, 5) is 12.7. The van der Waals surface area contributed by atoms with Crippen LogP contribution in [0.25, 0.3) is 0 Å². The second-order valence-electron chi connectivity index (χ2n) is 5.93. The summed E-state index contributed by atoms with van der Waals surface area (Å²) in [5.41, 5.74) is 3.08. The maximum Gasteiger partial charge on any atom is 0.260 e. The number of amides is 1. The smallest absolute Gasteiger partial charge is 0.260 e. The molecule has 1 N–H and O–H groups in total. The van der Waals surface area contributed by atoms with E-state index in [-0.39, 0.29) is 5.91 Å². The van der Waals surface area contributed by atoms with Gasteiger partial charge in [-0.3, -0.25) is 14.2 Å². The van der Waals surface area contributed by atoms with Crippen LogP contribution in [0, 0.1) is 13.8 Å². The van der Waals surface area contributed by atoms with E-state index in [0.29, 0.717) is 33.1 Å². The first-order valence-electron chi connectivity index (χ1n) is 8.22. The fourth-order valence-corrected chi connectivity index (χ4v) is 3.48. The number of carbonyl (C=O) groups excluding carboxylic acids is 1. The summed E-state index contributed by atoms with van der Waals surface area (Å²) in [5, 5.41) is 12.4. The Bertz CT molecular complexity index is 963. The van der Waals surface area contributed by atoms with Crippen molar-refractivity contribution in [2.45, 2.75) is 33.9 Å². The molecule has 0 unspecified atom stereocenters. The summed E-state index contributed by atoms with van der Waals surface area (Å²) in [6, 6.07) is 7.61. The first kappa shape index (κ1) is 18.7. The maximum absolute atomic E-state index is 12.7. The molecule has 1 aromatic carbocycles. The topological polar surface area (TPSA) is 64.7 Å². The third-order valence-corrected chi connectivity index (χ3v) is 5.10. The fourth-order valence-electron chi connectivity index (χ4n) is 2.87. The van der Waals surface area contributed by atoms with Gasteiger partial charge in [0, 0.05) is 23.5 Å². The molecular weight excluding hydrogens is 418 g/mol. The van der Waals surface area contributed by atoms with E-state index < -0.39 is 0 Å². The molecule has 8 heteroatoms. The number of halogens is 2. The van der Waals surface area contributed by atoms with Crippen LogP contribution in [0.4, 0.5) is 5.82 Å². The van der Waals surface area contributed by atoms with Gasteiger partial charge in [0.25, 0.3) is 5.91 Å². The van der Waals surface area contributed by atoms with Crippen LogP contribution in [-0.2, 0) is 13.1 Å². The summed E-state index contributed by atoms with van der Waals surface area (Å²) in [5.74, 6) is 0.244. The van der Waals surface area contributed by atoms with E-state index >= 15 is 0 Å². The third-order valence-electron chi connectivity index (χ3n) is 4.15. The van der Waals surface area contributed by atoms with Crippen molar-refractivity contribution in [1.29, 1.82) is 0 Å². The molecular formula is C18H19BrClN5O. The highest BCUT2D eigenvalue weighted by atomic mass is 79.9. The van der Waals surface area contributed by atoms with Crippen LogP contribution in [0.15, 0.2) is 34.9 Å². The summed E-state index contributed by atoms with van der Waals surface area (Å²) >= 11 is 9.66. The highest BCUT2D eigenvalue weighted by molar-refractivity contribution is 9.10. The highest BCUT2D eigenvalue weighted by Gasteiger charge is 2.20. The maximum atomic E-state index is 12.7. The molecule has 0 bridgehead atoms. The Kier molecular flexibility index (Phi) is 5.48. The molecule has 0 aliphatic carbocycles. The minimum atomic E-state index is -0.219. The predicted octanol–water partition coefficient (Wildman–Crippen LogP) is 4.43. The number of benzene rings is 1. The van der Waals surface area contributed by atoms with Crippen LogP contribution in [-0.4, -0.2) is 25.5 Å². The molecule has 0 fully saturated rings. The van der Waals surface area contributed by atoms with Crippen molar-refractivity contribution >= 4 is 39.3 Å². The number of nitrogens with zero attached hydrogens (tertiary/aromatic N) is 4. The van der Waals surface area contributed by atoms with Crippen LogP contribution < -0.4 is 5.32 Å². The SMILES string of the molecule is CCn1nc(C)c(C(=O)Nc2nn(Cc3ccccc3Cl)cc2Br)c1C. The van der Waals surface area contributed by atoms with Crippen LogP contribution in [0.3, 0.4) is 0 Å². The minimum Gasteiger partial charge on any atom is -0.304 e. The average molecular weight is 437 g/mol. The molecule has 2 aromatic heterocycles. The van der Waals surface area contributed by atoms with Gasteiger partial charge in [0.2, 0.25) is 0 Å². The van der Waals surface area contributed by atoms with Crippen molar-refractivity contribution in [1.82, 2.24) is 19.6 Å². The third kappa shape index (κ3) is 3.68. The van der Waals surface area contributed by atoms with Crippen LogP contribution in [0.1, 0.15) is 34.2 Å². The van der Waals surface area contributed by atoms with Crippen molar-refractivity contribution in [2.24, 2.45) is 0 Å². The number of carbonyl (C=O) groups is 1. The van der Waals surface area contributed by atoms with Gasteiger partial charge in [0.05, 0.1) is 22.3 Å². The molecule has 0 atom stereocenters. The number of aromatic nitrogens is 4. The lowest BCUT2D eigenvalue weighted by molar-refractivity contribution is 0.102. The second-order valence-corrected chi connectivity index (χ2v) is 7.19. The molecule has 0 aliphatic heterocycles. The summed E-state index contributed by atoms with van der Waals surface area (Å²) in [6.07, 6.45) is 1.81. The number of rotatable bonds is 5. The van der Waals surface area contributed by atoms with E-state index in [9.17, 15) is 4.79 Å². The molecule has 0 spiro atoms. The van der Waals surface area contributed by atoms with Crippen molar-refractivity contribution in [3.05, 3.63) is 62.5 Å². The number of anilines is 1. The quantitative estimate of drug-likeness (QED) is 0.643. The van der Waals surface area contributed by atoms with Gasteiger partial charge in [-0.1, -0.05) is 29.8 Å². The van der Waals surface area contributed by atoms with Crippen LogP contribution >= 0.6 is 27.5 Å². The highest BCUT2D eigenvalue weighted by Crippen LogP contribution is 2.24. The van der Waals surface area contributed by atoms with E-state index in [1.807, 2.05) is 55.9 Å². The van der Waals surface area contributed by atoms with Crippen molar-refractivity contribution in [3.63, 3.8) is 0 Å². The van der Waals surface area contributed by atoms with Crippen LogP contribution in [0.5, 0.6) is 0 Å². The van der Waals surface area contributed by atoms with E-state index in [4.69, 9.17) is 11.6 Å². The largest absolute Gasteiger partial charge is 0.304 e. The van der Waals surface area contributed by atoms with Gasteiger partial charge in [-0.2, -0.15) is 10.2 Å². The predicted molar refractivity (Wildman–Crippen MR) is 106 cm³/mol. The summed E-state index contributed by atoms with van der Waals surface area (Å²) < 4.78 is 4.25. The molecule has 3 aromatic rings. The van der Waals surface area contributed by atoms with Crippen molar-refractivity contribution in [3.8, 4) is 0 Å². The molecule has 0 radical (unpaired) electrons. The van der Waals surface area contributed by atoms with E-state index in [1.54, 1.807) is 4.68 Å². The number of aryl methyl sites for hydroxylation is 2. The molecule has 0 aliphatic rings. The van der Waals surface area contributed by atoms with Crippen LogP contribution in [0.2, 0.25) is 5.02 Å². The first-order chi connectivity index (χ1) is 12.4. The molecule has 0 saturated heterocycles. The monoisotopic (exact) mass is 435 g/mol. The molecule has 6 nitrogen and oxygen atoms in total. The normalized spacial score (nSPS) is 11.0. The molecule has 26 heavy (non-hydrogen) atoms. The molecule has 3 rings (SSSR count). The van der Waals surface area contributed by atoms with Gasteiger partial charge >= 0.3 is 0 Å². The zero-order chi connectivity index (χ0) is 18.8. The van der Waals surface area contributed by atoms with Gasteiger partial charge in [0.1, 0.15) is 0 Å². The standard InChI is InChI=1S/C18H19BrClN5O/c1-4-25-12(3)16(11(2)22-25)18(26)21-17-14(19)10-24(23-17)9-13-7-5-6-8-15(13)20/h5-8,10H,4,9H2,1-3H3,(H,21,23,26). The molecule has 0 saturated carbocycles. The molecule has 2 heterocycles. The molecule has 1 amide bonds. The Morgan fingerprint density at radius 2 is 2.00 bits per heavy atom. The van der Waals surface area contributed by atoms with Crippen molar-refractivity contribution in [2.75, 3.05) is 5.32 Å². The lowest BCUT2D eigenvalue weighted by atomic mass is 10.2. The second kappa shape index (κ2) is 7.63. The average Bonchev–Trinajstić information content (AvgIpc) is 3.08. The Morgan fingerprint density at radius 3 is 2.65 bits per heavy atom. The Morgan fingerprint density at radius 1 is 1.27 bits per heavy atom. The van der Waals surface area contributed by atoms with Crippen molar-refractivity contribution < 1.29 is 4.79 Å². The van der Waals surface area contributed by atoms with Gasteiger partial charge < -0.3 is 5.32 Å². The fraction of sp³-hybridized carbons (Fsp3) is 0.278. The number of nitrogens with one attached hydrogen (secondary N) is 1. The lowest BCUT2D eigenvalue weighted by Gasteiger charge is -2.05.